The lowest BCUT2D eigenvalue weighted by molar-refractivity contribution is 0.102. The number of fused-ring (bicyclic) bond motifs is 1. The molecule has 9 nitrogen and oxygen atoms in total. The minimum Gasteiger partial charge on any atom is -0.322 e. The number of aryl methyl sites for hydroxylation is 1. The zero-order valence-electron chi connectivity index (χ0n) is 20.0. The number of sulfonamides is 1. The Morgan fingerprint density at radius 3 is 2.68 bits per heavy atom. The van der Waals surface area contributed by atoms with E-state index in [-0.39, 0.29) is 12.5 Å². The van der Waals surface area contributed by atoms with Crippen LogP contribution in [0.2, 0.25) is 0 Å². The number of anilines is 2. The fourth-order valence-corrected chi connectivity index (χ4v) is 6.51. The molecule has 37 heavy (non-hydrogen) atoms. The van der Waals surface area contributed by atoms with Crippen LogP contribution in [0.4, 0.5) is 15.8 Å². The van der Waals surface area contributed by atoms with Crippen molar-refractivity contribution in [1.82, 2.24) is 19.2 Å². The van der Waals surface area contributed by atoms with Gasteiger partial charge in [-0.1, -0.05) is 18.2 Å². The van der Waals surface area contributed by atoms with Crippen molar-refractivity contribution in [2.45, 2.75) is 18.6 Å². The van der Waals surface area contributed by atoms with Crippen LogP contribution < -0.4 is 10.0 Å². The fourth-order valence-electron chi connectivity index (χ4n) is 4.20. The molecule has 1 aliphatic rings. The van der Waals surface area contributed by atoms with Gasteiger partial charge in [-0.25, -0.2) is 17.8 Å². The predicted molar refractivity (Wildman–Crippen MR) is 142 cm³/mol. The number of hydrogen-bond donors (Lipinski definition) is 2. The van der Waals surface area contributed by atoms with Crippen LogP contribution in [-0.4, -0.2) is 65.1 Å². The van der Waals surface area contributed by atoms with Crippen LogP contribution in [0, 0.1) is 6.92 Å². The lowest BCUT2D eigenvalue weighted by Gasteiger charge is -2.37. The van der Waals surface area contributed by atoms with E-state index in [1.54, 1.807) is 42.3 Å². The van der Waals surface area contributed by atoms with Gasteiger partial charge >= 0.3 is 0 Å². The van der Waals surface area contributed by atoms with E-state index in [0.717, 1.165) is 21.6 Å². The molecule has 3 heterocycles. The summed E-state index contributed by atoms with van der Waals surface area (Å²) in [5.41, 5.74) is 4.17. The van der Waals surface area contributed by atoms with Crippen molar-refractivity contribution in [2.24, 2.45) is 0 Å². The summed E-state index contributed by atoms with van der Waals surface area (Å²) in [7, 11) is -3.63. The first-order chi connectivity index (χ1) is 17.8. The summed E-state index contributed by atoms with van der Waals surface area (Å²) in [6, 6.07) is 14.1. The minimum absolute atomic E-state index is 0.236. The summed E-state index contributed by atoms with van der Waals surface area (Å²) in [5, 5.41) is 2.26. The summed E-state index contributed by atoms with van der Waals surface area (Å²) in [6.07, 6.45) is 2.11. The van der Waals surface area contributed by atoms with E-state index in [4.69, 9.17) is 0 Å². The van der Waals surface area contributed by atoms with Crippen molar-refractivity contribution < 1.29 is 17.6 Å². The molecule has 0 aliphatic carbocycles. The number of hydrogen-bond acceptors (Lipinski definition) is 8. The highest BCUT2D eigenvalue weighted by Crippen LogP contribution is 2.25. The first kappa shape index (κ1) is 25.2. The van der Waals surface area contributed by atoms with E-state index in [1.165, 1.54) is 11.5 Å². The molecule has 0 spiro atoms. The van der Waals surface area contributed by atoms with Crippen LogP contribution >= 0.6 is 11.5 Å². The number of carbonyl (C=O) groups is 1. The second-order valence-electron chi connectivity index (χ2n) is 8.85. The number of amides is 1. The highest BCUT2D eigenvalue weighted by molar-refractivity contribution is 7.93. The van der Waals surface area contributed by atoms with Crippen LogP contribution in [0.15, 0.2) is 54.7 Å². The number of nitrogens with one attached hydrogen (secondary N) is 2. The molecule has 2 aromatic carbocycles. The zero-order valence-corrected chi connectivity index (χ0v) is 21.7. The zero-order chi connectivity index (χ0) is 26.0. The molecule has 0 unspecified atom stereocenters. The third-order valence-corrected chi connectivity index (χ3v) is 8.77. The highest BCUT2D eigenvalue weighted by Gasteiger charge is 2.37. The van der Waals surface area contributed by atoms with E-state index in [2.05, 4.69) is 24.4 Å². The Balaban J connectivity index is 1.28. The Labute approximate surface area is 218 Å². The average molecular weight is 541 g/mol. The van der Waals surface area contributed by atoms with Crippen LogP contribution in [0.25, 0.3) is 11.0 Å². The van der Waals surface area contributed by atoms with Crippen molar-refractivity contribution in [3.05, 3.63) is 76.6 Å². The molecule has 2 aromatic heterocycles. The number of likely N-dealkylation sites (tertiary alicyclic amines) is 1. The number of aromatic nitrogens is 3. The lowest BCUT2D eigenvalue weighted by Crippen LogP contribution is -2.56. The van der Waals surface area contributed by atoms with Gasteiger partial charge in [0.25, 0.3) is 5.91 Å². The molecule has 1 fully saturated rings. The Kier molecular flexibility index (Phi) is 7.13. The molecule has 4 aromatic rings. The summed E-state index contributed by atoms with van der Waals surface area (Å²) in [6.45, 7) is 2.10. The molecular weight excluding hydrogens is 515 g/mol. The maximum Gasteiger partial charge on any atom is 0.258 e. The number of rotatable bonds is 9. The quantitative estimate of drug-likeness (QED) is 0.333. The summed E-state index contributed by atoms with van der Waals surface area (Å²) >= 11 is 1.24. The number of carbonyl (C=O) groups excluding carboxylic acids is 1. The number of para-hydroxylation sites is 2. The third-order valence-electron chi connectivity index (χ3n) is 6.14. The van der Waals surface area contributed by atoms with Crippen molar-refractivity contribution in [2.75, 3.05) is 36.3 Å². The van der Waals surface area contributed by atoms with E-state index >= 15 is 0 Å². The smallest absolute Gasteiger partial charge is 0.258 e. The van der Waals surface area contributed by atoms with E-state index in [9.17, 15) is 17.6 Å². The van der Waals surface area contributed by atoms with Gasteiger partial charge in [-0.05, 0) is 48.8 Å². The van der Waals surface area contributed by atoms with Gasteiger partial charge in [0.2, 0.25) is 10.0 Å². The van der Waals surface area contributed by atoms with Gasteiger partial charge in [0.1, 0.15) is 11.9 Å². The normalized spacial score (nSPS) is 14.4. The summed E-state index contributed by atoms with van der Waals surface area (Å²) < 4.78 is 44.7. The van der Waals surface area contributed by atoms with Crippen LogP contribution in [0.3, 0.4) is 0 Å². The van der Waals surface area contributed by atoms with E-state index < -0.39 is 21.9 Å². The number of alkyl halides is 1. The topological polar surface area (TPSA) is 117 Å². The van der Waals surface area contributed by atoms with Crippen LogP contribution in [-0.2, 0) is 16.4 Å². The molecule has 1 saturated heterocycles. The molecule has 192 valence electrons. The molecular formula is C25H25FN6O3S2. The first-order valence-electron chi connectivity index (χ1n) is 11.7. The van der Waals surface area contributed by atoms with Gasteiger partial charge < -0.3 is 5.32 Å². The Hall–Kier alpha value is -3.48. The second-order valence-corrected chi connectivity index (χ2v) is 11.7. The second kappa shape index (κ2) is 10.5. The van der Waals surface area contributed by atoms with Crippen molar-refractivity contribution in [3.63, 3.8) is 0 Å². The largest absolute Gasteiger partial charge is 0.322 e. The SMILES string of the molecule is Cc1nsc(Cc2cnc3ccccc3n2)c1C(=O)Nc1cccc(NS(=O)(=O)C2CN(CCF)C2)c1. The predicted octanol–water partition coefficient (Wildman–Crippen LogP) is 3.63. The Morgan fingerprint density at radius 1 is 1.14 bits per heavy atom. The lowest BCUT2D eigenvalue weighted by atomic mass is 10.1. The summed E-state index contributed by atoms with van der Waals surface area (Å²) in [4.78, 5) is 24.8. The fraction of sp³-hybridized carbons (Fsp3) is 0.280. The monoisotopic (exact) mass is 540 g/mol. The molecule has 1 aliphatic heterocycles. The van der Waals surface area contributed by atoms with E-state index in [1.807, 2.05) is 24.3 Å². The third kappa shape index (κ3) is 5.60. The number of benzene rings is 2. The van der Waals surface area contributed by atoms with E-state index in [0.29, 0.717) is 42.1 Å². The maximum absolute atomic E-state index is 13.2. The Bertz CT molecular complexity index is 1550. The molecule has 2 N–H and O–H groups in total. The molecule has 0 bridgehead atoms. The molecule has 0 saturated carbocycles. The Morgan fingerprint density at radius 2 is 1.89 bits per heavy atom. The van der Waals surface area contributed by atoms with Crippen LogP contribution in [0.1, 0.15) is 26.6 Å². The summed E-state index contributed by atoms with van der Waals surface area (Å²) in [5.74, 6) is -0.337. The van der Waals surface area contributed by atoms with Crippen molar-refractivity contribution in [1.29, 1.82) is 0 Å². The van der Waals surface area contributed by atoms with Gasteiger partial charge in [0.05, 0.1) is 33.7 Å². The maximum atomic E-state index is 13.2. The molecule has 1 amide bonds. The van der Waals surface area contributed by atoms with Crippen molar-refractivity contribution >= 4 is 49.9 Å². The van der Waals surface area contributed by atoms with Gasteiger partial charge in [-0.15, -0.1) is 0 Å². The number of halogens is 1. The standard InChI is InChI=1S/C25H25FN6O3S2/c1-16-24(23(36-30-16)12-19-13-27-21-7-2-3-8-22(21)28-19)25(33)29-17-5-4-6-18(11-17)31-37(34,35)20-14-32(15-20)10-9-26/h2-8,11,13,20,31H,9-10,12,14-15H2,1H3,(H,29,33). The van der Waals surface area contributed by atoms with Gasteiger partial charge in [0, 0.05) is 42.8 Å². The number of nitrogens with zero attached hydrogens (tertiary/aromatic N) is 4. The minimum atomic E-state index is -3.63. The van der Waals surface area contributed by atoms with Gasteiger partial charge in [-0.3, -0.25) is 19.4 Å². The highest BCUT2D eigenvalue weighted by atomic mass is 32.2. The molecule has 0 radical (unpaired) electrons. The van der Waals surface area contributed by atoms with Gasteiger partial charge in [0.15, 0.2) is 0 Å². The first-order valence-corrected chi connectivity index (χ1v) is 14.0. The van der Waals surface area contributed by atoms with Crippen molar-refractivity contribution in [3.8, 4) is 0 Å². The van der Waals surface area contributed by atoms with Gasteiger partial charge in [-0.2, -0.15) is 4.37 Å². The average Bonchev–Trinajstić information content (AvgIpc) is 3.20. The molecule has 0 atom stereocenters. The van der Waals surface area contributed by atoms with Crippen LogP contribution in [0.5, 0.6) is 0 Å². The molecule has 5 rings (SSSR count). The molecule has 12 heteroatoms.